The number of hydrogen-bond acceptors (Lipinski definition) is 3. The van der Waals surface area contributed by atoms with Crippen LogP contribution >= 0.6 is 0 Å². The highest BCUT2D eigenvalue weighted by Gasteiger charge is 2.24. The molecule has 0 radical (unpaired) electrons. The highest BCUT2D eigenvalue weighted by atomic mass is 16.2. The summed E-state index contributed by atoms with van der Waals surface area (Å²) in [5.41, 5.74) is 0.0920. The molecule has 1 rings (SSSR count). The minimum absolute atomic E-state index is 0.0920. The van der Waals surface area contributed by atoms with E-state index in [1.165, 1.54) is 0 Å². The molecule has 0 spiro atoms. The lowest BCUT2D eigenvalue weighted by Crippen LogP contribution is -2.44. The fraction of sp³-hybridized carbons (Fsp3) is 0.941. The number of carbonyl (C=O) groups excluding carboxylic acids is 1. The van der Waals surface area contributed by atoms with Crippen LogP contribution in [0.15, 0.2) is 0 Å². The first kappa shape index (κ1) is 18.4. The van der Waals surface area contributed by atoms with Gasteiger partial charge in [0.2, 0.25) is 5.91 Å². The van der Waals surface area contributed by atoms with Crippen molar-refractivity contribution in [2.45, 2.75) is 65.5 Å². The Labute approximate surface area is 131 Å². The van der Waals surface area contributed by atoms with Gasteiger partial charge in [-0.25, -0.2) is 0 Å². The van der Waals surface area contributed by atoms with Crippen LogP contribution in [0.25, 0.3) is 0 Å². The van der Waals surface area contributed by atoms with Crippen LogP contribution in [-0.4, -0.2) is 60.5 Å². The van der Waals surface area contributed by atoms with E-state index in [4.69, 9.17) is 0 Å². The van der Waals surface area contributed by atoms with E-state index >= 15 is 0 Å². The molecule has 1 aliphatic heterocycles. The van der Waals surface area contributed by atoms with Crippen molar-refractivity contribution >= 4 is 5.91 Å². The van der Waals surface area contributed by atoms with Crippen molar-refractivity contribution < 1.29 is 4.79 Å². The molecule has 124 valence electrons. The molecule has 0 saturated carbocycles. The van der Waals surface area contributed by atoms with Crippen LogP contribution in [0.2, 0.25) is 0 Å². The van der Waals surface area contributed by atoms with Crippen LogP contribution in [0.4, 0.5) is 0 Å². The number of piperidine rings is 1. The van der Waals surface area contributed by atoms with Gasteiger partial charge in [0, 0.05) is 44.2 Å². The maximum atomic E-state index is 12.2. The zero-order valence-electron chi connectivity index (χ0n) is 14.9. The van der Waals surface area contributed by atoms with Gasteiger partial charge >= 0.3 is 0 Å². The molecule has 4 heteroatoms. The van der Waals surface area contributed by atoms with Crippen molar-refractivity contribution in [3.05, 3.63) is 0 Å². The van der Waals surface area contributed by atoms with Gasteiger partial charge in [0.15, 0.2) is 0 Å². The van der Waals surface area contributed by atoms with E-state index in [0.29, 0.717) is 18.4 Å². The maximum absolute atomic E-state index is 12.2. The number of nitrogens with zero attached hydrogens (tertiary/aromatic N) is 2. The predicted molar refractivity (Wildman–Crippen MR) is 89.4 cm³/mol. The zero-order chi connectivity index (χ0) is 16.0. The van der Waals surface area contributed by atoms with E-state index < -0.39 is 0 Å². The van der Waals surface area contributed by atoms with Crippen molar-refractivity contribution in [2.24, 2.45) is 5.92 Å². The van der Waals surface area contributed by atoms with E-state index in [9.17, 15) is 4.79 Å². The van der Waals surface area contributed by atoms with Gasteiger partial charge in [0.1, 0.15) is 0 Å². The van der Waals surface area contributed by atoms with Crippen molar-refractivity contribution in [3.8, 4) is 0 Å². The molecule has 21 heavy (non-hydrogen) atoms. The summed E-state index contributed by atoms with van der Waals surface area (Å²) in [6.45, 7) is 14.7. The highest BCUT2D eigenvalue weighted by Crippen LogP contribution is 2.19. The first-order valence-corrected chi connectivity index (χ1v) is 8.42. The molecule has 1 saturated heterocycles. The Kier molecular flexibility index (Phi) is 7.14. The van der Waals surface area contributed by atoms with Crippen molar-refractivity contribution in [1.82, 2.24) is 15.1 Å². The molecule has 0 aliphatic carbocycles. The molecule has 1 heterocycles. The summed E-state index contributed by atoms with van der Waals surface area (Å²) in [5.74, 6) is 1.05. The number of hydrogen-bond donors (Lipinski definition) is 1. The van der Waals surface area contributed by atoms with E-state index in [2.05, 4.69) is 56.8 Å². The Morgan fingerprint density at radius 1 is 1.29 bits per heavy atom. The molecule has 0 aromatic carbocycles. The monoisotopic (exact) mass is 297 g/mol. The summed E-state index contributed by atoms with van der Waals surface area (Å²) in [6.07, 6.45) is 2.92. The molecule has 1 N–H and O–H groups in total. The minimum Gasteiger partial charge on any atom is -0.343 e. The third kappa shape index (κ3) is 7.28. The van der Waals surface area contributed by atoms with Gasteiger partial charge in [-0.2, -0.15) is 0 Å². The first-order chi connectivity index (χ1) is 9.69. The molecule has 0 unspecified atom stereocenters. The molecule has 0 aromatic rings. The van der Waals surface area contributed by atoms with Crippen molar-refractivity contribution in [3.63, 3.8) is 0 Å². The Balaban J connectivity index is 2.24. The summed E-state index contributed by atoms with van der Waals surface area (Å²) in [5, 5.41) is 3.39. The van der Waals surface area contributed by atoms with Crippen molar-refractivity contribution in [1.29, 1.82) is 0 Å². The Morgan fingerprint density at radius 3 is 2.33 bits per heavy atom. The predicted octanol–water partition coefficient (Wildman–Crippen LogP) is 2.34. The van der Waals surface area contributed by atoms with Gasteiger partial charge in [-0.1, -0.05) is 0 Å². The average molecular weight is 297 g/mol. The Morgan fingerprint density at radius 2 is 1.86 bits per heavy atom. The summed E-state index contributed by atoms with van der Waals surface area (Å²) in [7, 11) is 2.19. The average Bonchev–Trinajstić information content (AvgIpc) is 2.37. The molecule has 4 nitrogen and oxygen atoms in total. The van der Waals surface area contributed by atoms with Crippen LogP contribution in [0.1, 0.15) is 53.9 Å². The lowest BCUT2D eigenvalue weighted by atomic mass is 9.95. The second-order valence-corrected chi connectivity index (χ2v) is 7.78. The SMILES string of the molecule is CC(C)N(C)CC1CCN(C(=O)CCNC(C)(C)C)CC1. The van der Waals surface area contributed by atoms with Gasteiger partial charge in [-0.05, 0) is 60.4 Å². The van der Waals surface area contributed by atoms with Crippen LogP contribution in [-0.2, 0) is 4.79 Å². The molecule has 0 aromatic heterocycles. The highest BCUT2D eigenvalue weighted by molar-refractivity contribution is 5.76. The minimum atomic E-state index is 0.0920. The van der Waals surface area contributed by atoms with E-state index in [1.807, 2.05) is 0 Å². The number of amides is 1. The van der Waals surface area contributed by atoms with Gasteiger partial charge in [0.25, 0.3) is 0 Å². The van der Waals surface area contributed by atoms with Crippen LogP contribution < -0.4 is 5.32 Å². The van der Waals surface area contributed by atoms with Gasteiger partial charge in [-0.15, -0.1) is 0 Å². The summed E-state index contributed by atoms with van der Waals surface area (Å²) in [4.78, 5) is 16.7. The van der Waals surface area contributed by atoms with Crippen molar-refractivity contribution in [2.75, 3.05) is 33.2 Å². The number of likely N-dealkylation sites (tertiary alicyclic amines) is 1. The normalized spacial score (nSPS) is 17.8. The second-order valence-electron chi connectivity index (χ2n) is 7.78. The van der Waals surface area contributed by atoms with E-state index in [0.717, 1.165) is 44.9 Å². The molecular formula is C17H35N3O. The van der Waals surface area contributed by atoms with E-state index in [1.54, 1.807) is 0 Å². The molecule has 0 atom stereocenters. The van der Waals surface area contributed by atoms with E-state index in [-0.39, 0.29) is 5.54 Å². The molecule has 1 aliphatic rings. The smallest absolute Gasteiger partial charge is 0.223 e. The lowest BCUT2D eigenvalue weighted by Gasteiger charge is -2.35. The standard InChI is InChI=1S/C17H35N3O/c1-14(2)19(6)13-15-8-11-20(12-9-15)16(21)7-10-18-17(3,4)5/h14-15,18H,7-13H2,1-6H3. The zero-order valence-corrected chi connectivity index (χ0v) is 14.9. The number of rotatable bonds is 6. The maximum Gasteiger partial charge on any atom is 0.223 e. The van der Waals surface area contributed by atoms with Crippen LogP contribution in [0.5, 0.6) is 0 Å². The third-order valence-electron chi connectivity index (χ3n) is 4.39. The molecule has 1 fully saturated rings. The van der Waals surface area contributed by atoms with Crippen LogP contribution in [0.3, 0.4) is 0 Å². The molecule has 0 bridgehead atoms. The fourth-order valence-electron chi connectivity index (χ4n) is 2.69. The number of nitrogens with one attached hydrogen (secondary N) is 1. The molecule has 1 amide bonds. The Hall–Kier alpha value is -0.610. The summed E-state index contributed by atoms with van der Waals surface area (Å²) >= 11 is 0. The number of carbonyl (C=O) groups is 1. The van der Waals surface area contributed by atoms with Crippen LogP contribution in [0, 0.1) is 5.92 Å². The molecular weight excluding hydrogens is 262 g/mol. The van der Waals surface area contributed by atoms with Gasteiger partial charge in [-0.3, -0.25) is 4.79 Å². The quantitative estimate of drug-likeness (QED) is 0.817. The lowest BCUT2D eigenvalue weighted by molar-refractivity contribution is -0.132. The summed E-state index contributed by atoms with van der Waals surface area (Å²) < 4.78 is 0. The third-order valence-corrected chi connectivity index (χ3v) is 4.39. The Bertz CT molecular complexity index is 314. The van der Waals surface area contributed by atoms with Gasteiger partial charge in [0.05, 0.1) is 0 Å². The second kappa shape index (κ2) is 8.14. The topological polar surface area (TPSA) is 35.6 Å². The largest absolute Gasteiger partial charge is 0.343 e. The first-order valence-electron chi connectivity index (χ1n) is 8.42. The van der Waals surface area contributed by atoms with Gasteiger partial charge < -0.3 is 15.1 Å². The fourth-order valence-corrected chi connectivity index (χ4v) is 2.69. The summed E-state index contributed by atoms with van der Waals surface area (Å²) in [6, 6.07) is 0.605.